The monoisotopic (exact) mass is 334 g/mol. The van der Waals surface area contributed by atoms with E-state index in [2.05, 4.69) is 0 Å². The Morgan fingerprint density at radius 2 is 1.60 bits per heavy atom. The van der Waals surface area contributed by atoms with Crippen LogP contribution < -0.4 is 0 Å². The molecule has 0 aliphatic heterocycles. The Labute approximate surface area is 120 Å². The summed E-state index contributed by atoms with van der Waals surface area (Å²) in [7, 11) is -6.00. The summed E-state index contributed by atoms with van der Waals surface area (Å²) in [6.07, 6.45) is 0. The van der Waals surface area contributed by atoms with Crippen molar-refractivity contribution in [3.63, 3.8) is 0 Å². The molecular formula is C9H11BF4O4S2. The molecule has 20 heavy (non-hydrogen) atoms. The van der Waals surface area contributed by atoms with Crippen molar-refractivity contribution in [1.29, 1.82) is 0 Å². The zero-order chi connectivity index (χ0) is 15.8. The third kappa shape index (κ3) is 11.8. The molecule has 0 aliphatic rings. The molecule has 0 unspecified atom stereocenters. The van der Waals surface area contributed by atoms with Gasteiger partial charge in [0.15, 0.2) is 9.75 Å². The standard InChI is InChI=1S/C9H11O4S2.BF4/c1-6(10)12-3-8-9(15-5-14-8)4-13-7(2)11;2-1(3,4)5/h5H,3-4H2,1-2H3;/q+1;-1. The van der Waals surface area contributed by atoms with Crippen LogP contribution in [0.25, 0.3) is 0 Å². The minimum atomic E-state index is -6.00. The van der Waals surface area contributed by atoms with Crippen molar-refractivity contribution in [2.24, 2.45) is 0 Å². The van der Waals surface area contributed by atoms with Crippen LogP contribution in [0, 0.1) is 0 Å². The fourth-order valence-electron chi connectivity index (χ4n) is 0.835. The second kappa shape index (κ2) is 8.85. The number of ether oxygens (including phenoxy) is 2. The van der Waals surface area contributed by atoms with Crippen molar-refractivity contribution < 1.29 is 36.3 Å². The number of carbonyl (C=O) groups excluding carboxylic acids is 2. The molecular weight excluding hydrogens is 323 g/mol. The molecule has 1 aromatic rings. The lowest BCUT2D eigenvalue weighted by Crippen LogP contribution is -2.02. The van der Waals surface area contributed by atoms with Gasteiger partial charge < -0.3 is 26.7 Å². The van der Waals surface area contributed by atoms with E-state index in [9.17, 15) is 26.9 Å². The number of halogens is 4. The van der Waals surface area contributed by atoms with E-state index in [1.54, 1.807) is 0 Å². The molecule has 4 nitrogen and oxygen atoms in total. The normalized spacial score (nSPS) is 10.3. The highest BCUT2D eigenvalue weighted by molar-refractivity contribution is 7.28. The lowest BCUT2D eigenvalue weighted by molar-refractivity contribution is -0.143. The molecule has 0 N–H and O–H groups in total. The van der Waals surface area contributed by atoms with Crippen molar-refractivity contribution in [2.75, 3.05) is 0 Å². The Kier molecular flexibility index (Phi) is 8.31. The van der Waals surface area contributed by atoms with Gasteiger partial charge in [0.05, 0.1) is 22.7 Å². The quantitative estimate of drug-likeness (QED) is 0.366. The second-order valence-electron chi connectivity index (χ2n) is 3.23. The molecule has 0 fully saturated rings. The molecule has 0 bridgehead atoms. The maximum absolute atomic E-state index is 10.6. The number of hydrogen-bond donors (Lipinski definition) is 0. The number of hydrogen-bond acceptors (Lipinski definition) is 5. The van der Waals surface area contributed by atoms with Gasteiger partial charge in [-0.25, -0.2) is 0 Å². The van der Waals surface area contributed by atoms with Crippen LogP contribution in [-0.2, 0) is 32.3 Å². The van der Waals surface area contributed by atoms with E-state index in [1.165, 1.54) is 36.5 Å². The van der Waals surface area contributed by atoms with Gasteiger partial charge in [-0.1, -0.05) is 0 Å². The van der Waals surface area contributed by atoms with Crippen LogP contribution in [-0.4, -0.2) is 19.2 Å². The van der Waals surface area contributed by atoms with E-state index in [0.717, 1.165) is 9.75 Å². The first-order valence-corrected chi connectivity index (χ1v) is 6.86. The zero-order valence-corrected chi connectivity index (χ0v) is 12.2. The van der Waals surface area contributed by atoms with Gasteiger partial charge in [0.1, 0.15) is 13.2 Å². The molecule has 1 aromatic heterocycles. The predicted molar refractivity (Wildman–Crippen MR) is 67.7 cm³/mol. The average Bonchev–Trinajstić information content (AvgIpc) is 2.68. The van der Waals surface area contributed by atoms with Crippen molar-refractivity contribution in [3.8, 4) is 0 Å². The molecule has 1 rings (SSSR count). The first kappa shape index (κ1) is 18.8. The molecule has 0 atom stereocenters. The van der Waals surface area contributed by atoms with E-state index in [1.807, 2.05) is 4.69 Å². The van der Waals surface area contributed by atoms with Crippen LogP contribution in [0.1, 0.15) is 23.6 Å². The van der Waals surface area contributed by atoms with Crippen LogP contribution in [0.5, 0.6) is 0 Å². The van der Waals surface area contributed by atoms with E-state index >= 15 is 0 Å². The average molecular weight is 334 g/mol. The Hall–Kier alpha value is -1.23. The summed E-state index contributed by atoms with van der Waals surface area (Å²) in [4.78, 5) is 23.1. The Morgan fingerprint density at radius 3 is 2.05 bits per heavy atom. The lowest BCUT2D eigenvalue weighted by Gasteiger charge is -1.98. The molecule has 0 aliphatic carbocycles. The van der Waals surface area contributed by atoms with E-state index in [-0.39, 0.29) is 25.2 Å². The summed E-state index contributed by atoms with van der Waals surface area (Å²) in [6, 6.07) is 0. The Balaban J connectivity index is 0.000000621. The molecule has 1 heterocycles. The molecule has 0 spiro atoms. The highest BCUT2D eigenvalue weighted by atomic mass is 32.2. The van der Waals surface area contributed by atoms with E-state index < -0.39 is 7.25 Å². The van der Waals surface area contributed by atoms with E-state index in [0.29, 0.717) is 0 Å². The molecule has 0 saturated heterocycles. The molecule has 0 saturated carbocycles. The Morgan fingerprint density at radius 1 is 1.15 bits per heavy atom. The summed E-state index contributed by atoms with van der Waals surface area (Å²) >= 11 is 2.99. The van der Waals surface area contributed by atoms with Gasteiger partial charge in [0.25, 0.3) is 0 Å². The second-order valence-corrected chi connectivity index (χ2v) is 5.46. The van der Waals surface area contributed by atoms with Crippen LogP contribution in [0.4, 0.5) is 17.3 Å². The lowest BCUT2D eigenvalue weighted by atomic mass is 10.3. The summed E-state index contributed by atoms with van der Waals surface area (Å²) < 4.78 is 50.7. The fourth-order valence-corrected chi connectivity index (χ4v) is 2.88. The predicted octanol–water partition coefficient (Wildman–Crippen LogP) is 3.52. The highest BCUT2D eigenvalue weighted by Gasteiger charge is 2.20. The van der Waals surface area contributed by atoms with Crippen LogP contribution in [0.3, 0.4) is 0 Å². The summed E-state index contributed by atoms with van der Waals surface area (Å²) in [5.74, 6) is -0.626. The fraction of sp³-hybridized carbons (Fsp3) is 0.444. The summed E-state index contributed by atoms with van der Waals surface area (Å²) in [6.45, 7) is 3.23. The summed E-state index contributed by atoms with van der Waals surface area (Å²) in [5.41, 5.74) is 0. The molecule has 0 amide bonds. The molecule has 0 aromatic carbocycles. The first-order valence-electron chi connectivity index (χ1n) is 5.10. The molecule has 114 valence electrons. The van der Waals surface area contributed by atoms with Crippen LogP contribution >= 0.6 is 22.7 Å². The molecule has 0 radical (unpaired) electrons. The number of rotatable bonds is 4. The van der Waals surface area contributed by atoms with Gasteiger partial charge in [-0.3, -0.25) is 9.59 Å². The van der Waals surface area contributed by atoms with Gasteiger partial charge in [0.2, 0.25) is 4.69 Å². The van der Waals surface area contributed by atoms with Crippen molar-refractivity contribution in [1.82, 2.24) is 0 Å². The van der Waals surface area contributed by atoms with Gasteiger partial charge in [-0.05, 0) is 0 Å². The minimum Gasteiger partial charge on any atom is -0.458 e. The largest absolute Gasteiger partial charge is 0.673 e. The van der Waals surface area contributed by atoms with Crippen molar-refractivity contribution >= 4 is 41.9 Å². The van der Waals surface area contributed by atoms with Crippen molar-refractivity contribution in [2.45, 2.75) is 27.1 Å². The summed E-state index contributed by atoms with van der Waals surface area (Å²) in [5, 5.41) is 0. The highest BCUT2D eigenvalue weighted by Crippen LogP contribution is 2.24. The zero-order valence-electron chi connectivity index (χ0n) is 10.5. The third-order valence-corrected chi connectivity index (χ3v) is 3.70. The van der Waals surface area contributed by atoms with Crippen molar-refractivity contribution in [3.05, 3.63) is 14.4 Å². The topological polar surface area (TPSA) is 52.6 Å². The first-order chi connectivity index (χ1) is 9.09. The smallest absolute Gasteiger partial charge is 0.458 e. The molecule has 11 heteroatoms. The SMILES string of the molecule is CC(=O)OCc1sc[s+]c1COC(C)=O.F[B-](F)(F)F. The van der Waals surface area contributed by atoms with Gasteiger partial charge in [-0.2, -0.15) is 0 Å². The Bertz CT molecular complexity index is 411. The number of carbonyl (C=O) groups is 2. The number of esters is 2. The van der Waals surface area contributed by atoms with Gasteiger partial charge in [-0.15, -0.1) is 0 Å². The van der Waals surface area contributed by atoms with Crippen LogP contribution in [0.2, 0.25) is 0 Å². The van der Waals surface area contributed by atoms with Gasteiger partial charge >= 0.3 is 19.2 Å². The minimum absolute atomic E-state index is 0.250. The van der Waals surface area contributed by atoms with E-state index in [4.69, 9.17) is 9.47 Å². The maximum Gasteiger partial charge on any atom is 0.673 e. The third-order valence-electron chi connectivity index (χ3n) is 1.50. The van der Waals surface area contributed by atoms with Crippen LogP contribution in [0.15, 0.2) is 4.69 Å². The van der Waals surface area contributed by atoms with Gasteiger partial charge in [0, 0.05) is 13.8 Å². The maximum atomic E-state index is 10.6.